The number of alkyl halides is 1. The van der Waals surface area contributed by atoms with E-state index in [2.05, 4.69) is 11.8 Å². The van der Waals surface area contributed by atoms with Gasteiger partial charge in [-0.15, -0.1) is 11.6 Å². The van der Waals surface area contributed by atoms with Crippen molar-refractivity contribution < 1.29 is 4.79 Å². The number of hydrogen-bond acceptors (Lipinski definition) is 2. The predicted molar refractivity (Wildman–Crippen MR) is 95.5 cm³/mol. The molecule has 4 heteroatoms. The molecule has 0 aromatic heterocycles. The number of carbonyl (C=O) groups is 1. The number of unbranched alkanes of at least 4 members (excludes halogenated alkanes) is 7. The molecule has 2 nitrogen and oxygen atoms in total. The van der Waals surface area contributed by atoms with Gasteiger partial charge in [0.2, 0.25) is 0 Å². The summed E-state index contributed by atoms with van der Waals surface area (Å²) in [5.41, 5.74) is 0. The van der Waals surface area contributed by atoms with Gasteiger partial charge in [0.1, 0.15) is 0 Å². The average Bonchev–Trinajstić information content (AvgIpc) is 2.49. The minimum absolute atomic E-state index is 0.309. The number of likely N-dealkylation sites (tertiary alicyclic amines) is 1. The van der Waals surface area contributed by atoms with E-state index in [1.54, 1.807) is 0 Å². The lowest BCUT2D eigenvalue weighted by molar-refractivity contribution is 0.181. The lowest BCUT2D eigenvalue weighted by atomic mass is 10.1. The lowest BCUT2D eigenvalue weighted by Gasteiger charge is -2.32. The summed E-state index contributed by atoms with van der Waals surface area (Å²) in [5, 5.41) is 0.309. The molecule has 0 bridgehead atoms. The van der Waals surface area contributed by atoms with Crippen LogP contribution in [0.25, 0.3) is 0 Å². The Bertz CT molecular complexity index is 276. The fourth-order valence-electron chi connectivity index (χ4n) is 2.87. The Balaban J connectivity index is 1.90. The largest absolute Gasteiger partial charge is 0.331 e. The minimum atomic E-state index is 0.309. The van der Waals surface area contributed by atoms with E-state index in [9.17, 15) is 4.79 Å². The summed E-state index contributed by atoms with van der Waals surface area (Å²) in [5.74, 6) is 1.80. The SMILES string of the molecule is CC1CCCCN1C(=O)SCCCCCCCCCCCl. The number of carbonyl (C=O) groups excluding carboxylic acids is 1. The van der Waals surface area contributed by atoms with Crippen molar-refractivity contribution in [1.29, 1.82) is 0 Å². The smallest absolute Gasteiger partial charge is 0.281 e. The standard InChI is InChI=1S/C17H32ClNOS/c1-16-12-8-10-14-19(16)17(20)21-15-11-7-5-3-2-4-6-9-13-18/h16H,2-15H2,1H3. The second-order valence-electron chi connectivity index (χ2n) is 6.17. The molecule has 1 rings (SSSR count). The molecule has 1 atom stereocenters. The van der Waals surface area contributed by atoms with Crippen LogP contribution in [-0.2, 0) is 0 Å². The van der Waals surface area contributed by atoms with Crippen molar-refractivity contribution in [2.45, 2.75) is 83.6 Å². The van der Waals surface area contributed by atoms with E-state index in [4.69, 9.17) is 11.6 Å². The van der Waals surface area contributed by atoms with Crippen molar-refractivity contribution in [2.24, 2.45) is 0 Å². The third-order valence-electron chi connectivity index (χ3n) is 4.29. The monoisotopic (exact) mass is 333 g/mol. The van der Waals surface area contributed by atoms with E-state index in [1.165, 1.54) is 76.0 Å². The van der Waals surface area contributed by atoms with Crippen molar-refractivity contribution in [3.8, 4) is 0 Å². The zero-order valence-corrected chi connectivity index (χ0v) is 15.2. The summed E-state index contributed by atoms with van der Waals surface area (Å²) in [4.78, 5) is 14.2. The molecule has 0 aromatic rings. The second kappa shape index (κ2) is 12.6. The van der Waals surface area contributed by atoms with Gasteiger partial charge in [-0.2, -0.15) is 0 Å². The fraction of sp³-hybridized carbons (Fsp3) is 0.941. The van der Waals surface area contributed by atoms with Crippen LogP contribution in [0.4, 0.5) is 4.79 Å². The number of amides is 1. The summed E-state index contributed by atoms with van der Waals surface area (Å²) in [6.07, 6.45) is 13.8. The summed E-state index contributed by atoms with van der Waals surface area (Å²) in [7, 11) is 0. The van der Waals surface area contributed by atoms with Gasteiger partial charge in [-0.05, 0) is 39.0 Å². The molecular weight excluding hydrogens is 302 g/mol. The van der Waals surface area contributed by atoms with Crippen LogP contribution in [0.3, 0.4) is 0 Å². The third kappa shape index (κ3) is 8.97. The van der Waals surface area contributed by atoms with Gasteiger partial charge in [-0.25, -0.2) is 0 Å². The first-order valence-electron chi connectivity index (χ1n) is 8.75. The molecule has 0 aliphatic carbocycles. The maximum atomic E-state index is 12.1. The predicted octanol–water partition coefficient (Wildman–Crippen LogP) is 6.07. The van der Waals surface area contributed by atoms with E-state index in [0.717, 1.165) is 24.6 Å². The molecule has 1 amide bonds. The molecule has 0 aromatic carbocycles. The van der Waals surface area contributed by atoms with E-state index in [0.29, 0.717) is 11.3 Å². The van der Waals surface area contributed by atoms with Gasteiger partial charge < -0.3 is 4.90 Å². The first-order chi connectivity index (χ1) is 10.3. The molecule has 1 heterocycles. The first-order valence-corrected chi connectivity index (χ1v) is 10.3. The van der Waals surface area contributed by atoms with Gasteiger partial charge in [0.05, 0.1) is 0 Å². The summed E-state index contributed by atoms with van der Waals surface area (Å²) < 4.78 is 0. The summed E-state index contributed by atoms with van der Waals surface area (Å²) in [6.45, 7) is 3.15. The van der Waals surface area contributed by atoms with Crippen LogP contribution in [0.2, 0.25) is 0 Å². The Kier molecular flexibility index (Phi) is 11.5. The molecule has 124 valence electrons. The van der Waals surface area contributed by atoms with Crippen LogP contribution in [0.15, 0.2) is 0 Å². The number of hydrogen-bond donors (Lipinski definition) is 0. The Morgan fingerprint density at radius 3 is 2.29 bits per heavy atom. The van der Waals surface area contributed by atoms with Crippen LogP contribution < -0.4 is 0 Å². The fourth-order valence-corrected chi connectivity index (χ4v) is 4.02. The Labute approximate surface area is 140 Å². The van der Waals surface area contributed by atoms with Gasteiger partial charge in [0.15, 0.2) is 0 Å². The molecule has 1 unspecified atom stereocenters. The van der Waals surface area contributed by atoms with Gasteiger partial charge in [0, 0.05) is 24.2 Å². The Hall–Kier alpha value is 0.110. The molecule has 1 aliphatic heterocycles. The highest BCUT2D eigenvalue weighted by Crippen LogP contribution is 2.22. The number of halogens is 1. The molecule has 0 spiro atoms. The van der Waals surface area contributed by atoms with E-state index in [-0.39, 0.29) is 0 Å². The summed E-state index contributed by atoms with van der Waals surface area (Å²) in [6, 6.07) is 0.451. The number of thioether (sulfide) groups is 1. The van der Waals surface area contributed by atoms with Crippen LogP contribution >= 0.6 is 23.4 Å². The maximum absolute atomic E-state index is 12.1. The van der Waals surface area contributed by atoms with Crippen LogP contribution in [0.1, 0.15) is 77.6 Å². The quantitative estimate of drug-likeness (QED) is 0.357. The minimum Gasteiger partial charge on any atom is -0.331 e. The van der Waals surface area contributed by atoms with E-state index in [1.807, 2.05) is 0 Å². The zero-order valence-electron chi connectivity index (χ0n) is 13.6. The van der Waals surface area contributed by atoms with Crippen molar-refractivity contribution in [1.82, 2.24) is 4.90 Å². The average molecular weight is 334 g/mol. The third-order valence-corrected chi connectivity index (χ3v) is 5.53. The van der Waals surface area contributed by atoms with E-state index < -0.39 is 0 Å². The number of piperidine rings is 1. The topological polar surface area (TPSA) is 20.3 Å². The number of nitrogens with zero attached hydrogens (tertiary/aromatic N) is 1. The highest BCUT2D eigenvalue weighted by molar-refractivity contribution is 8.13. The maximum Gasteiger partial charge on any atom is 0.281 e. The van der Waals surface area contributed by atoms with Crippen molar-refractivity contribution >= 4 is 28.6 Å². The highest BCUT2D eigenvalue weighted by Gasteiger charge is 2.22. The molecule has 1 fully saturated rings. The van der Waals surface area contributed by atoms with Gasteiger partial charge in [0.25, 0.3) is 5.24 Å². The number of rotatable bonds is 10. The first kappa shape index (κ1) is 19.2. The normalized spacial score (nSPS) is 19.0. The lowest BCUT2D eigenvalue weighted by Crippen LogP contribution is -2.40. The summed E-state index contributed by atoms with van der Waals surface area (Å²) >= 11 is 7.19. The van der Waals surface area contributed by atoms with Crippen LogP contribution in [0, 0.1) is 0 Å². The Morgan fingerprint density at radius 1 is 1.05 bits per heavy atom. The molecule has 0 radical (unpaired) electrons. The van der Waals surface area contributed by atoms with E-state index >= 15 is 0 Å². The van der Waals surface area contributed by atoms with Crippen molar-refractivity contribution in [3.05, 3.63) is 0 Å². The molecule has 1 aliphatic rings. The zero-order chi connectivity index (χ0) is 15.3. The molecule has 0 N–H and O–H groups in total. The van der Waals surface area contributed by atoms with Crippen molar-refractivity contribution in [3.63, 3.8) is 0 Å². The van der Waals surface area contributed by atoms with Crippen LogP contribution in [-0.4, -0.2) is 34.4 Å². The van der Waals surface area contributed by atoms with Gasteiger partial charge >= 0.3 is 0 Å². The molecule has 0 saturated carbocycles. The van der Waals surface area contributed by atoms with Gasteiger partial charge in [-0.1, -0.05) is 50.3 Å². The molecule has 1 saturated heterocycles. The molecule has 21 heavy (non-hydrogen) atoms. The molecular formula is C17H32ClNOS. The van der Waals surface area contributed by atoms with Crippen LogP contribution in [0.5, 0.6) is 0 Å². The van der Waals surface area contributed by atoms with Crippen molar-refractivity contribution in [2.75, 3.05) is 18.2 Å². The van der Waals surface area contributed by atoms with Gasteiger partial charge in [-0.3, -0.25) is 4.79 Å². The second-order valence-corrected chi connectivity index (χ2v) is 7.59. The Morgan fingerprint density at radius 2 is 1.67 bits per heavy atom. The highest BCUT2D eigenvalue weighted by atomic mass is 35.5.